The Hall–Kier alpha value is -1.02. The number of nitrogens with one attached hydrogen (secondary N) is 1. The maximum absolute atomic E-state index is 5.32. The van der Waals surface area contributed by atoms with E-state index in [9.17, 15) is 0 Å². The second-order valence-electron chi connectivity index (χ2n) is 6.42. The van der Waals surface area contributed by atoms with Crippen LogP contribution in [0.3, 0.4) is 0 Å². The Morgan fingerprint density at radius 3 is 2.78 bits per heavy atom. The van der Waals surface area contributed by atoms with Crippen LogP contribution in [0, 0.1) is 5.41 Å². The Morgan fingerprint density at radius 2 is 2.11 bits per heavy atom. The minimum absolute atomic E-state index is 0.406. The first kappa shape index (κ1) is 13.4. The van der Waals surface area contributed by atoms with Crippen LogP contribution in [0.5, 0.6) is 5.75 Å². The smallest absolute Gasteiger partial charge is 0.119 e. The quantitative estimate of drug-likeness (QED) is 0.875. The third-order valence-electron chi connectivity index (χ3n) is 3.70. The number of ether oxygens (including phenoxy) is 1. The summed E-state index contributed by atoms with van der Waals surface area (Å²) in [7, 11) is 1.73. The minimum atomic E-state index is 0.406. The molecule has 0 saturated heterocycles. The zero-order valence-electron chi connectivity index (χ0n) is 12.0. The number of hydrogen-bond acceptors (Lipinski definition) is 2. The normalized spacial score (nSPS) is 18.8. The summed E-state index contributed by atoms with van der Waals surface area (Å²) in [6, 6.07) is 6.98. The van der Waals surface area contributed by atoms with E-state index < -0.39 is 0 Å². The second kappa shape index (κ2) is 5.31. The highest BCUT2D eigenvalue weighted by Gasteiger charge is 2.22. The fourth-order valence-electron chi connectivity index (χ4n) is 2.54. The Balaban J connectivity index is 1.98. The maximum atomic E-state index is 5.32. The van der Waals surface area contributed by atoms with Crippen molar-refractivity contribution < 1.29 is 4.74 Å². The maximum Gasteiger partial charge on any atom is 0.119 e. The van der Waals surface area contributed by atoms with Gasteiger partial charge in [-0.15, -0.1) is 0 Å². The van der Waals surface area contributed by atoms with Gasteiger partial charge in [-0.3, -0.25) is 0 Å². The van der Waals surface area contributed by atoms with Gasteiger partial charge in [0.05, 0.1) is 7.11 Å². The Labute approximate surface area is 111 Å². The Morgan fingerprint density at radius 1 is 1.33 bits per heavy atom. The first-order valence-electron chi connectivity index (χ1n) is 6.90. The van der Waals surface area contributed by atoms with Crippen molar-refractivity contribution in [1.29, 1.82) is 0 Å². The van der Waals surface area contributed by atoms with Crippen LogP contribution in [-0.2, 0) is 6.42 Å². The molecule has 0 amide bonds. The number of aryl methyl sites for hydroxylation is 1. The fourth-order valence-corrected chi connectivity index (χ4v) is 2.54. The summed E-state index contributed by atoms with van der Waals surface area (Å²) >= 11 is 0. The monoisotopic (exact) mass is 247 g/mol. The van der Waals surface area contributed by atoms with Gasteiger partial charge in [-0.05, 0) is 54.5 Å². The molecule has 1 aliphatic carbocycles. The summed E-state index contributed by atoms with van der Waals surface area (Å²) in [6.45, 7) is 7.96. The minimum Gasteiger partial charge on any atom is -0.497 e. The molecule has 0 radical (unpaired) electrons. The van der Waals surface area contributed by atoms with Crippen molar-refractivity contribution in [2.24, 2.45) is 5.41 Å². The summed E-state index contributed by atoms with van der Waals surface area (Å²) in [5.74, 6) is 0.971. The Kier molecular flexibility index (Phi) is 3.96. The van der Waals surface area contributed by atoms with Crippen molar-refractivity contribution in [2.45, 2.75) is 46.1 Å². The van der Waals surface area contributed by atoms with E-state index in [0.29, 0.717) is 11.5 Å². The molecule has 1 aromatic rings. The van der Waals surface area contributed by atoms with Crippen LogP contribution in [0.25, 0.3) is 0 Å². The van der Waals surface area contributed by atoms with E-state index in [0.717, 1.165) is 12.3 Å². The topological polar surface area (TPSA) is 21.3 Å². The molecule has 0 spiro atoms. The molecule has 0 aromatic heterocycles. The molecular weight excluding hydrogens is 222 g/mol. The molecule has 2 heteroatoms. The van der Waals surface area contributed by atoms with Crippen molar-refractivity contribution in [3.05, 3.63) is 29.3 Å². The average Bonchev–Trinajstić information content (AvgIpc) is 2.70. The predicted molar refractivity (Wildman–Crippen MR) is 76.1 cm³/mol. The van der Waals surface area contributed by atoms with Crippen molar-refractivity contribution in [2.75, 3.05) is 13.7 Å². The third-order valence-corrected chi connectivity index (χ3v) is 3.70. The summed E-state index contributed by atoms with van der Waals surface area (Å²) in [4.78, 5) is 0. The van der Waals surface area contributed by atoms with E-state index in [1.54, 1.807) is 7.11 Å². The van der Waals surface area contributed by atoms with E-state index in [-0.39, 0.29) is 0 Å². The highest BCUT2D eigenvalue weighted by atomic mass is 16.5. The first-order chi connectivity index (χ1) is 8.49. The summed E-state index contributed by atoms with van der Waals surface area (Å²) < 4.78 is 5.32. The van der Waals surface area contributed by atoms with Gasteiger partial charge in [0.2, 0.25) is 0 Å². The van der Waals surface area contributed by atoms with Gasteiger partial charge in [0.25, 0.3) is 0 Å². The van der Waals surface area contributed by atoms with Crippen LogP contribution in [0.15, 0.2) is 18.2 Å². The molecule has 1 unspecified atom stereocenters. The molecule has 2 rings (SSSR count). The second-order valence-corrected chi connectivity index (χ2v) is 6.42. The summed E-state index contributed by atoms with van der Waals surface area (Å²) in [5, 5.41) is 3.69. The highest BCUT2D eigenvalue weighted by Crippen LogP contribution is 2.33. The molecule has 1 aliphatic rings. The molecule has 1 atom stereocenters. The number of rotatable bonds is 4. The van der Waals surface area contributed by atoms with Gasteiger partial charge in [-0.2, -0.15) is 0 Å². The van der Waals surface area contributed by atoms with Gasteiger partial charge in [0.1, 0.15) is 5.75 Å². The molecule has 0 aliphatic heterocycles. The zero-order valence-corrected chi connectivity index (χ0v) is 12.0. The summed E-state index contributed by atoms with van der Waals surface area (Å²) in [6.07, 6.45) is 3.61. The van der Waals surface area contributed by atoms with Gasteiger partial charge in [0.15, 0.2) is 0 Å². The molecule has 100 valence electrons. The van der Waals surface area contributed by atoms with Gasteiger partial charge >= 0.3 is 0 Å². The lowest BCUT2D eigenvalue weighted by Gasteiger charge is -2.21. The number of hydrogen-bond donors (Lipinski definition) is 1. The first-order valence-corrected chi connectivity index (χ1v) is 6.90. The van der Waals surface area contributed by atoms with Crippen LogP contribution in [0.2, 0.25) is 0 Å². The van der Waals surface area contributed by atoms with E-state index >= 15 is 0 Å². The van der Waals surface area contributed by atoms with E-state index in [1.165, 1.54) is 30.4 Å². The van der Waals surface area contributed by atoms with Crippen LogP contribution in [-0.4, -0.2) is 13.7 Å². The highest BCUT2D eigenvalue weighted by molar-refractivity contribution is 5.40. The van der Waals surface area contributed by atoms with E-state index in [4.69, 9.17) is 4.74 Å². The number of methoxy groups -OCH3 is 1. The molecule has 1 aromatic carbocycles. The molecular formula is C16H25NO. The number of benzene rings is 1. The predicted octanol–water partition coefficient (Wildman–Crippen LogP) is 3.71. The van der Waals surface area contributed by atoms with Crippen LogP contribution in [0.1, 0.15) is 50.8 Å². The van der Waals surface area contributed by atoms with Gasteiger partial charge in [0, 0.05) is 6.04 Å². The fraction of sp³-hybridized carbons (Fsp3) is 0.625. The molecule has 0 heterocycles. The molecule has 0 bridgehead atoms. The van der Waals surface area contributed by atoms with Gasteiger partial charge < -0.3 is 10.1 Å². The molecule has 0 fully saturated rings. The molecule has 18 heavy (non-hydrogen) atoms. The molecule has 0 saturated carbocycles. The van der Waals surface area contributed by atoms with Crippen molar-refractivity contribution >= 4 is 0 Å². The Bertz CT molecular complexity index is 406. The van der Waals surface area contributed by atoms with Crippen molar-refractivity contribution in [3.63, 3.8) is 0 Å². The number of fused-ring (bicyclic) bond motifs is 1. The van der Waals surface area contributed by atoms with Crippen molar-refractivity contribution in [1.82, 2.24) is 5.32 Å². The average molecular weight is 247 g/mol. The zero-order chi connectivity index (χ0) is 13.2. The molecule has 1 N–H and O–H groups in total. The van der Waals surface area contributed by atoms with E-state index in [1.807, 2.05) is 0 Å². The lowest BCUT2D eigenvalue weighted by atomic mass is 9.92. The standard InChI is InChI=1S/C16H25NO/c1-16(2,3)9-10-17-15-8-6-12-5-7-13(18-4)11-14(12)15/h5,7,11,15,17H,6,8-10H2,1-4H3. The molecule has 2 nitrogen and oxygen atoms in total. The van der Waals surface area contributed by atoms with Crippen LogP contribution < -0.4 is 10.1 Å². The lowest BCUT2D eigenvalue weighted by Crippen LogP contribution is -2.24. The van der Waals surface area contributed by atoms with Gasteiger partial charge in [-0.1, -0.05) is 26.8 Å². The lowest BCUT2D eigenvalue weighted by molar-refractivity contribution is 0.353. The van der Waals surface area contributed by atoms with Gasteiger partial charge in [-0.25, -0.2) is 0 Å². The van der Waals surface area contributed by atoms with E-state index in [2.05, 4.69) is 44.3 Å². The third kappa shape index (κ3) is 3.26. The summed E-state index contributed by atoms with van der Waals surface area (Å²) in [5.41, 5.74) is 3.32. The van der Waals surface area contributed by atoms with Crippen LogP contribution >= 0.6 is 0 Å². The largest absolute Gasteiger partial charge is 0.497 e. The van der Waals surface area contributed by atoms with Crippen LogP contribution in [0.4, 0.5) is 0 Å². The van der Waals surface area contributed by atoms with Crippen molar-refractivity contribution in [3.8, 4) is 5.75 Å². The SMILES string of the molecule is COc1ccc2c(c1)C(NCCC(C)(C)C)CC2.